The highest BCUT2D eigenvalue weighted by Crippen LogP contribution is 2.32. The molecule has 0 saturated carbocycles. The van der Waals surface area contributed by atoms with Crippen LogP contribution >= 0.6 is 11.8 Å². The first-order valence-corrected chi connectivity index (χ1v) is 8.65. The van der Waals surface area contributed by atoms with Gasteiger partial charge in [0.15, 0.2) is 0 Å². The minimum absolute atomic E-state index is 1.30. The van der Waals surface area contributed by atoms with Crippen molar-refractivity contribution in [3.8, 4) is 11.1 Å². The average Bonchev–Trinajstić information content (AvgIpc) is 2.57. The summed E-state index contributed by atoms with van der Waals surface area (Å²) in [6, 6.07) is 27.3. The van der Waals surface area contributed by atoms with Crippen molar-refractivity contribution < 1.29 is 0 Å². The average molecular weight is 306 g/mol. The molecule has 0 amide bonds. The van der Waals surface area contributed by atoms with E-state index in [9.17, 15) is 0 Å². The van der Waals surface area contributed by atoms with Gasteiger partial charge in [0.1, 0.15) is 0 Å². The third kappa shape index (κ3) is 4.51. The zero-order valence-corrected chi connectivity index (χ0v) is 14.2. The van der Waals surface area contributed by atoms with Crippen molar-refractivity contribution >= 4 is 11.8 Å². The molecule has 0 aliphatic heterocycles. The first-order chi connectivity index (χ1) is 10.7. The van der Waals surface area contributed by atoms with Crippen molar-refractivity contribution in [2.45, 2.75) is 18.7 Å². The molecule has 0 bridgehead atoms. The van der Waals surface area contributed by atoms with Gasteiger partial charge in [-0.1, -0.05) is 84.4 Å². The van der Waals surface area contributed by atoms with Crippen molar-refractivity contribution in [3.05, 3.63) is 90.0 Å². The maximum Gasteiger partial charge on any atom is 0.0177 e. The lowest BCUT2D eigenvalue weighted by Gasteiger charge is -2.10. The summed E-state index contributed by atoms with van der Waals surface area (Å²) in [6.07, 6.45) is 2.13. The summed E-state index contributed by atoms with van der Waals surface area (Å²) in [4.78, 5) is 1.38. The van der Waals surface area contributed by atoms with Gasteiger partial charge in [0, 0.05) is 4.90 Å². The minimum Gasteiger partial charge on any atom is -0.129 e. The van der Waals surface area contributed by atoms with E-state index in [4.69, 9.17) is 0 Å². The lowest BCUT2D eigenvalue weighted by molar-refractivity contribution is 1.31. The van der Waals surface area contributed by atoms with Crippen molar-refractivity contribution in [3.63, 3.8) is 0 Å². The van der Waals surface area contributed by atoms with Gasteiger partial charge in [-0.05, 0) is 36.8 Å². The van der Waals surface area contributed by atoms with E-state index in [0.717, 1.165) is 0 Å². The van der Waals surface area contributed by atoms with Crippen molar-refractivity contribution in [1.82, 2.24) is 0 Å². The van der Waals surface area contributed by atoms with E-state index in [1.165, 1.54) is 27.1 Å². The molecular weight excluding hydrogens is 284 g/mol. The van der Waals surface area contributed by atoms with Crippen molar-refractivity contribution in [2.75, 3.05) is 6.26 Å². The molecule has 0 aromatic heterocycles. The highest BCUT2D eigenvalue weighted by atomic mass is 32.2. The molecule has 0 aliphatic rings. The molecule has 0 unspecified atom stereocenters. The van der Waals surface area contributed by atoms with Crippen LogP contribution in [0.4, 0.5) is 0 Å². The molecule has 3 aromatic rings. The zero-order valence-electron chi connectivity index (χ0n) is 13.4. The molecule has 0 aliphatic carbocycles. The second kappa shape index (κ2) is 8.45. The van der Waals surface area contributed by atoms with Crippen LogP contribution in [0.3, 0.4) is 0 Å². The molecule has 0 N–H and O–H groups in total. The SMILES string of the molecule is CSc1c(C)cccc1-c1ccccc1.Cc1ccccc1. The van der Waals surface area contributed by atoms with Gasteiger partial charge in [0.25, 0.3) is 0 Å². The molecule has 1 heteroatoms. The Morgan fingerprint density at radius 3 is 1.73 bits per heavy atom. The molecule has 0 fully saturated rings. The maximum absolute atomic E-state index is 2.19. The van der Waals surface area contributed by atoms with E-state index in [1.807, 2.05) is 30.0 Å². The van der Waals surface area contributed by atoms with Crippen LogP contribution in [0, 0.1) is 13.8 Å². The van der Waals surface area contributed by atoms with Crippen LogP contribution in [0.25, 0.3) is 11.1 Å². The molecular formula is C21H22S. The molecule has 0 heterocycles. The van der Waals surface area contributed by atoms with Gasteiger partial charge in [-0.15, -0.1) is 11.8 Å². The van der Waals surface area contributed by atoms with Crippen LogP contribution in [0.1, 0.15) is 11.1 Å². The fourth-order valence-electron chi connectivity index (χ4n) is 2.30. The highest BCUT2D eigenvalue weighted by molar-refractivity contribution is 7.98. The van der Waals surface area contributed by atoms with E-state index in [0.29, 0.717) is 0 Å². The zero-order chi connectivity index (χ0) is 15.8. The summed E-state index contributed by atoms with van der Waals surface area (Å²) >= 11 is 1.82. The number of benzene rings is 3. The van der Waals surface area contributed by atoms with Crippen LogP contribution in [0.2, 0.25) is 0 Å². The molecule has 0 saturated heterocycles. The smallest absolute Gasteiger partial charge is 0.0177 e. The standard InChI is InChI=1S/C14H14S.C7H8/c1-11-7-6-10-13(14(11)15-2)12-8-4-3-5-9-12;1-7-5-3-2-4-6-7/h3-10H,1-2H3;2-6H,1H3. The van der Waals surface area contributed by atoms with Gasteiger partial charge in [0.2, 0.25) is 0 Å². The Morgan fingerprint density at radius 2 is 1.23 bits per heavy atom. The Kier molecular flexibility index (Phi) is 6.29. The molecule has 22 heavy (non-hydrogen) atoms. The van der Waals surface area contributed by atoms with Gasteiger partial charge in [-0.3, -0.25) is 0 Å². The third-order valence-corrected chi connectivity index (χ3v) is 4.39. The minimum atomic E-state index is 1.30. The van der Waals surface area contributed by atoms with Crippen molar-refractivity contribution in [1.29, 1.82) is 0 Å². The Bertz CT molecular complexity index is 688. The van der Waals surface area contributed by atoms with Gasteiger partial charge < -0.3 is 0 Å². The van der Waals surface area contributed by atoms with E-state index in [-0.39, 0.29) is 0 Å². The molecule has 3 aromatic carbocycles. The lowest BCUT2D eigenvalue weighted by Crippen LogP contribution is -1.85. The van der Waals surface area contributed by atoms with Gasteiger partial charge in [-0.25, -0.2) is 0 Å². The summed E-state index contributed by atoms with van der Waals surface area (Å²) in [7, 11) is 0. The number of hydrogen-bond donors (Lipinski definition) is 0. The lowest BCUT2D eigenvalue weighted by atomic mass is 10.0. The molecule has 0 atom stereocenters. The molecule has 112 valence electrons. The molecule has 0 spiro atoms. The summed E-state index contributed by atoms with van der Waals surface area (Å²) in [6.45, 7) is 4.25. The molecule has 3 rings (SSSR count). The fraction of sp³-hybridized carbons (Fsp3) is 0.143. The van der Waals surface area contributed by atoms with E-state index in [1.54, 1.807) is 0 Å². The van der Waals surface area contributed by atoms with E-state index in [2.05, 4.69) is 80.8 Å². The van der Waals surface area contributed by atoms with Crippen LogP contribution in [-0.4, -0.2) is 6.26 Å². The Balaban J connectivity index is 0.000000211. The van der Waals surface area contributed by atoms with Crippen LogP contribution < -0.4 is 0 Å². The number of rotatable bonds is 2. The quantitative estimate of drug-likeness (QED) is 0.495. The Hall–Kier alpha value is -1.99. The summed E-state index contributed by atoms with van der Waals surface area (Å²) in [5.74, 6) is 0. The topological polar surface area (TPSA) is 0 Å². The summed E-state index contributed by atoms with van der Waals surface area (Å²) < 4.78 is 0. The third-order valence-electron chi connectivity index (χ3n) is 3.44. The van der Waals surface area contributed by atoms with E-state index < -0.39 is 0 Å². The van der Waals surface area contributed by atoms with Crippen molar-refractivity contribution in [2.24, 2.45) is 0 Å². The first kappa shape index (κ1) is 16.4. The second-order valence-corrected chi connectivity index (χ2v) is 5.99. The maximum atomic E-state index is 2.19. The first-order valence-electron chi connectivity index (χ1n) is 7.43. The summed E-state index contributed by atoms with van der Waals surface area (Å²) in [5.41, 5.74) is 5.31. The number of hydrogen-bond acceptors (Lipinski definition) is 1. The monoisotopic (exact) mass is 306 g/mol. The summed E-state index contributed by atoms with van der Waals surface area (Å²) in [5, 5.41) is 0. The molecule has 0 nitrogen and oxygen atoms in total. The predicted octanol–water partition coefficient (Wildman–Crippen LogP) is 6.38. The van der Waals surface area contributed by atoms with Gasteiger partial charge >= 0.3 is 0 Å². The largest absolute Gasteiger partial charge is 0.129 e. The Morgan fingerprint density at radius 1 is 0.636 bits per heavy atom. The van der Waals surface area contributed by atoms with Gasteiger partial charge in [-0.2, -0.15) is 0 Å². The predicted molar refractivity (Wildman–Crippen MR) is 99.6 cm³/mol. The fourth-order valence-corrected chi connectivity index (χ4v) is 3.10. The van der Waals surface area contributed by atoms with Crippen LogP contribution in [0.5, 0.6) is 0 Å². The highest BCUT2D eigenvalue weighted by Gasteiger charge is 2.05. The normalized spacial score (nSPS) is 9.77. The molecule has 0 radical (unpaired) electrons. The second-order valence-electron chi connectivity index (χ2n) is 5.18. The van der Waals surface area contributed by atoms with Crippen LogP contribution in [-0.2, 0) is 0 Å². The van der Waals surface area contributed by atoms with E-state index >= 15 is 0 Å². The number of aryl methyl sites for hydroxylation is 2. The van der Waals surface area contributed by atoms with Gasteiger partial charge in [0.05, 0.1) is 0 Å². The Labute approximate surface area is 138 Å². The number of thioether (sulfide) groups is 1. The van der Waals surface area contributed by atoms with Crippen LogP contribution in [0.15, 0.2) is 83.8 Å².